The summed E-state index contributed by atoms with van der Waals surface area (Å²) < 4.78 is 45.4. The number of ether oxygens (including phenoxy) is 2. The van der Waals surface area contributed by atoms with Crippen LogP contribution in [0.15, 0.2) is 24.3 Å². The third-order valence-corrected chi connectivity index (χ3v) is 3.24. The van der Waals surface area contributed by atoms with E-state index >= 15 is 0 Å². The first kappa shape index (κ1) is 18.6. The van der Waals surface area contributed by atoms with Crippen LogP contribution < -0.4 is 4.74 Å². The summed E-state index contributed by atoms with van der Waals surface area (Å²) in [5.74, 6) is -2.22. The fourth-order valence-corrected chi connectivity index (χ4v) is 2.21. The van der Waals surface area contributed by atoms with Crippen molar-refractivity contribution in [1.82, 2.24) is 9.88 Å². The number of nitrogens with one attached hydrogen (secondary N) is 1. The number of alkyl halides is 3. The van der Waals surface area contributed by atoms with Gasteiger partial charge in [0.15, 0.2) is 0 Å². The van der Waals surface area contributed by atoms with Crippen molar-refractivity contribution in [1.29, 1.82) is 0 Å². The number of aliphatic carboxylic acids is 1. The lowest BCUT2D eigenvalue weighted by Crippen LogP contribution is -2.38. The summed E-state index contributed by atoms with van der Waals surface area (Å²) >= 11 is 0. The molecule has 2 rings (SSSR count). The minimum absolute atomic E-state index is 0.0523. The standard InChI is InChI=1S/C15H15F3N2O5/c1-24-5-4-20(8-13(21)22)14(23)12-6-9-2-3-10(7-11(9)19-12)25-15(16,17)18/h2-3,6-7,19H,4-5,8H2,1H3,(H,21,22). The predicted molar refractivity (Wildman–Crippen MR) is 80.4 cm³/mol. The maximum atomic E-state index is 12.4. The van der Waals surface area contributed by atoms with E-state index in [1.165, 1.54) is 19.2 Å². The molecule has 1 aromatic heterocycles. The quantitative estimate of drug-likeness (QED) is 0.790. The first-order valence-electron chi connectivity index (χ1n) is 7.08. The third-order valence-electron chi connectivity index (χ3n) is 3.24. The summed E-state index contributed by atoms with van der Waals surface area (Å²) in [6.07, 6.45) is -4.82. The number of fused-ring (bicyclic) bond motifs is 1. The van der Waals surface area contributed by atoms with Crippen LogP contribution in [0, 0.1) is 0 Å². The van der Waals surface area contributed by atoms with Gasteiger partial charge in [-0.1, -0.05) is 0 Å². The molecule has 1 aromatic carbocycles. The molecule has 0 aliphatic rings. The zero-order chi connectivity index (χ0) is 18.6. The van der Waals surface area contributed by atoms with Crippen molar-refractivity contribution in [2.75, 3.05) is 26.8 Å². The number of aromatic nitrogens is 1. The van der Waals surface area contributed by atoms with Crippen molar-refractivity contribution in [2.24, 2.45) is 0 Å². The second-order valence-corrected chi connectivity index (χ2v) is 5.09. The van der Waals surface area contributed by atoms with Crippen LogP contribution in [0.1, 0.15) is 10.5 Å². The van der Waals surface area contributed by atoms with Gasteiger partial charge in [-0.25, -0.2) is 0 Å². The minimum Gasteiger partial charge on any atom is -0.480 e. The van der Waals surface area contributed by atoms with Crippen molar-refractivity contribution in [2.45, 2.75) is 6.36 Å². The fourth-order valence-electron chi connectivity index (χ4n) is 2.21. The molecule has 0 radical (unpaired) electrons. The van der Waals surface area contributed by atoms with Crippen LogP contribution in [0.5, 0.6) is 5.75 Å². The van der Waals surface area contributed by atoms with Crippen molar-refractivity contribution < 1.29 is 37.3 Å². The number of benzene rings is 1. The lowest BCUT2D eigenvalue weighted by Gasteiger charge is -2.19. The van der Waals surface area contributed by atoms with Gasteiger partial charge in [0.2, 0.25) is 0 Å². The molecule has 0 saturated heterocycles. The summed E-state index contributed by atoms with van der Waals surface area (Å²) in [6, 6.07) is 5.02. The van der Waals surface area contributed by atoms with Crippen LogP contribution in [-0.4, -0.2) is 60.0 Å². The highest BCUT2D eigenvalue weighted by atomic mass is 19.4. The van der Waals surface area contributed by atoms with Gasteiger partial charge >= 0.3 is 12.3 Å². The fraction of sp³-hybridized carbons (Fsp3) is 0.333. The molecule has 0 unspecified atom stereocenters. The van der Waals surface area contributed by atoms with Gasteiger partial charge in [-0.15, -0.1) is 13.2 Å². The molecule has 10 heteroatoms. The number of methoxy groups -OCH3 is 1. The second kappa shape index (κ2) is 7.43. The Kier molecular flexibility index (Phi) is 5.52. The number of carboxylic acids is 1. The van der Waals surface area contributed by atoms with Gasteiger partial charge in [0.05, 0.1) is 6.61 Å². The Balaban J connectivity index is 2.26. The Hall–Kier alpha value is -2.75. The average molecular weight is 360 g/mol. The molecule has 0 aliphatic heterocycles. The van der Waals surface area contributed by atoms with Crippen molar-refractivity contribution >= 4 is 22.8 Å². The summed E-state index contributed by atoms with van der Waals surface area (Å²) in [5, 5.41) is 9.38. The molecule has 1 amide bonds. The van der Waals surface area contributed by atoms with Gasteiger partial charge in [-0.3, -0.25) is 9.59 Å². The Labute approximate surface area is 139 Å². The normalized spacial score (nSPS) is 11.5. The van der Waals surface area contributed by atoms with Gasteiger partial charge in [0, 0.05) is 30.6 Å². The van der Waals surface area contributed by atoms with Crippen molar-refractivity contribution in [3.63, 3.8) is 0 Å². The van der Waals surface area contributed by atoms with Gasteiger partial charge in [0.25, 0.3) is 5.91 Å². The van der Waals surface area contributed by atoms with E-state index in [1.807, 2.05) is 0 Å². The van der Waals surface area contributed by atoms with E-state index in [9.17, 15) is 22.8 Å². The average Bonchev–Trinajstić information content (AvgIpc) is 2.91. The van der Waals surface area contributed by atoms with Crippen LogP contribution >= 0.6 is 0 Å². The first-order chi connectivity index (χ1) is 11.7. The molecule has 0 atom stereocenters. The number of halogens is 3. The number of hydrogen-bond acceptors (Lipinski definition) is 4. The molecule has 25 heavy (non-hydrogen) atoms. The molecule has 0 aliphatic carbocycles. The van der Waals surface area contributed by atoms with Crippen LogP contribution in [0.2, 0.25) is 0 Å². The van der Waals surface area contributed by atoms with E-state index in [2.05, 4.69) is 9.72 Å². The number of rotatable bonds is 7. The van der Waals surface area contributed by atoms with Crippen LogP contribution in [0.25, 0.3) is 10.9 Å². The minimum atomic E-state index is -4.82. The van der Waals surface area contributed by atoms with E-state index in [-0.39, 0.29) is 24.4 Å². The van der Waals surface area contributed by atoms with Crippen molar-refractivity contribution in [3.05, 3.63) is 30.0 Å². The Bertz CT molecular complexity index is 772. The van der Waals surface area contributed by atoms with Gasteiger partial charge in [-0.2, -0.15) is 0 Å². The molecule has 0 spiro atoms. The number of hydrogen-bond donors (Lipinski definition) is 2. The van der Waals surface area contributed by atoms with Crippen molar-refractivity contribution in [3.8, 4) is 5.75 Å². The highest BCUT2D eigenvalue weighted by Gasteiger charge is 2.31. The highest BCUT2D eigenvalue weighted by Crippen LogP contribution is 2.27. The zero-order valence-corrected chi connectivity index (χ0v) is 13.1. The van der Waals surface area contributed by atoms with Crippen LogP contribution in [0.3, 0.4) is 0 Å². The molecule has 0 bridgehead atoms. The molecule has 136 valence electrons. The number of H-pyrrole nitrogens is 1. The summed E-state index contributed by atoms with van der Waals surface area (Å²) in [4.78, 5) is 27.1. The van der Waals surface area contributed by atoms with E-state index in [0.29, 0.717) is 5.39 Å². The summed E-state index contributed by atoms with van der Waals surface area (Å²) in [6.45, 7) is -0.331. The SMILES string of the molecule is COCCN(CC(=O)O)C(=O)c1cc2ccc(OC(F)(F)F)cc2[nH]1. The van der Waals surface area contributed by atoms with E-state index in [1.54, 1.807) is 0 Å². The zero-order valence-electron chi connectivity index (χ0n) is 13.1. The van der Waals surface area contributed by atoms with E-state index in [4.69, 9.17) is 9.84 Å². The highest BCUT2D eigenvalue weighted by molar-refractivity contribution is 5.99. The molecular formula is C15H15F3N2O5. The molecule has 7 nitrogen and oxygen atoms in total. The number of aromatic amines is 1. The molecule has 2 aromatic rings. The Morgan fingerprint density at radius 2 is 2.00 bits per heavy atom. The number of amides is 1. The molecule has 1 heterocycles. The number of carbonyl (C=O) groups is 2. The monoisotopic (exact) mass is 360 g/mol. The lowest BCUT2D eigenvalue weighted by molar-refractivity contribution is -0.274. The maximum absolute atomic E-state index is 12.4. The Morgan fingerprint density at radius 1 is 1.28 bits per heavy atom. The van der Waals surface area contributed by atoms with E-state index in [0.717, 1.165) is 17.0 Å². The number of carbonyl (C=O) groups excluding carboxylic acids is 1. The molecule has 0 saturated carbocycles. The molecule has 2 N–H and O–H groups in total. The maximum Gasteiger partial charge on any atom is 0.573 e. The molecule has 0 fully saturated rings. The number of carboxylic acid groups (broad SMARTS) is 1. The predicted octanol–water partition coefficient (Wildman–Crippen LogP) is 2.24. The Morgan fingerprint density at radius 3 is 2.60 bits per heavy atom. The van der Waals surface area contributed by atoms with Crippen LogP contribution in [-0.2, 0) is 9.53 Å². The van der Waals surface area contributed by atoms with Gasteiger partial charge in [-0.05, 0) is 18.2 Å². The summed E-state index contributed by atoms with van der Waals surface area (Å²) in [5.41, 5.74) is 0.309. The smallest absolute Gasteiger partial charge is 0.480 e. The first-order valence-corrected chi connectivity index (χ1v) is 7.08. The lowest BCUT2D eigenvalue weighted by atomic mass is 10.2. The van der Waals surface area contributed by atoms with Gasteiger partial charge < -0.3 is 24.5 Å². The van der Waals surface area contributed by atoms with Crippen LogP contribution in [0.4, 0.5) is 13.2 Å². The van der Waals surface area contributed by atoms with E-state index < -0.39 is 30.5 Å². The summed E-state index contributed by atoms with van der Waals surface area (Å²) in [7, 11) is 1.41. The topological polar surface area (TPSA) is 91.9 Å². The second-order valence-electron chi connectivity index (χ2n) is 5.09. The molecular weight excluding hydrogens is 345 g/mol. The van der Waals surface area contributed by atoms with Gasteiger partial charge in [0.1, 0.15) is 18.0 Å². The number of nitrogens with zero attached hydrogens (tertiary/aromatic N) is 1. The largest absolute Gasteiger partial charge is 0.573 e. The third kappa shape index (κ3) is 5.11.